The van der Waals surface area contributed by atoms with Gasteiger partial charge in [-0.25, -0.2) is 4.98 Å². The summed E-state index contributed by atoms with van der Waals surface area (Å²) >= 11 is 0. The molecule has 1 amide bonds. The number of nitrogens with zero attached hydrogens (tertiary/aromatic N) is 2. The lowest BCUT2D eigenvalue weighted by Crippen LogP contribution is -2.18. The topological polar surface area (TPSA) is 84.7 Å². The average molecular weight is 306 g/mol. The molecule has 8 heteroatoms. The number of halogens is 3. The fraction of sp³-hybridized carbons (Fsp3) is 0.0714. The third-order valence-electron chi connectivity index (χ3n) is 3.17. The summed E-state index contributed by atoms with van der Waals surface area (Å²) in [6.45, 7) is 0. The number of nitrogens with one attached hydrogen (secondary N) is 1. The molecule has 1 aromatic carbocycles. The molecule has 0 spiro atoms. The predicted octanol–water partition coefficient (Wildman–Crippen LogP) is 2.74. The molecule has 0 bridgehead atoms. The second-order valence-electron chi connectivity index (χ2n) is 4.63. The minimum Gasteiger partial charge on any atom is -0.364 e. The number of H-pyrrole nitrogens is 1. The van der Waals surface area contributed by atoms with Gasteiger partial charge in [0.2, 0.25) is 0 Å². The fourth-order valence-corrected chi connectivity index (χ4v) is 2.15. The van der Waals surface area contributed by atoms with Crippen molar-refractivity contribution >= 4 is 16.8 Å². The van der Waals surface area contributed by atoms with Gasteiger partial charge in [0.1, 0.15) is 11.4 Å². The van der Waals surface area contributed by atoms with E-state index in [0.29, 0.717) is 5.56 Å². The number of fused-ring (bicyclic) bond motifs is 1. The Morgan fingerprint density at radius 1 is 1.18 bits per heavy atom. The van der Waals surface area contributed by atoms with E-state index < -0.39 is 23.5 Å². The van der Waals surface area contributed by atoms with E-state index in [0.717, 1.165) is 17.0 Å². The standard InChI is InChI=1S/C14H9F3N4O/c15-14(16,17)11-4-2-9(12(20-11)13(18)22)7-1-3-10-8(5-7)6-19-21-10/h1-6H,(H2,18,22)(H,19,21). The van der Waals surface area contributed by atoms with Gasteiger partial charge in [-0.2, -0.15) is 18.3 Å². The Balaban J connectivity index is 2.18. The molecule has 2 aromatic heterocycles. The van der Waals surface area contributed by atoms with Crippen LogP contribution < -0.4 is 5.73 Å². The van der Waals surface area contributed by atoms with Crippen LogP contribution in [0.4, 0.5) is 13.2 Å². The van der Waals surface area contributed by atoms with E-state index in [1.165, 1.54) is 6.07 Å². The number of pyridine rings is 1. The summed E-state index contributed by atoms with van der Waals surface area (Å²) in [6.07, 6.45) is -3.07. The number of hydrogen-bond donors (Lipinski definition) is 2. The maximum atomic E-state index is 12.7. The van der Waals surface area contributed by atoms with E-state index in [9.17, 15) is 18.0 Å². The third-order valence-corrected chi connectivity index (χ3v) is 3.17. The number of aromatic amines is 1. The Kier molecular flexibility index (Phi) is 3.09. The number of hydrogen-bond acceptors (Lipinski definition) is 3. The van der Waals surface area contributed by atoms with E-state index in [1.54, 1.807) is 24.4 Å². The Bertz CT molecular complexity index is 870. The SMILES string of the molecule is NC(=O)c1nc(C(F)(F)F)ccc1-c1ccc2[nH]ncc2c1. The van der Waals surface area contributed by atoms with Crippen LogP contribution in [0.1, 0.15) is 16.2 Å². The molecule has 0 aliphatic heterocycles. The van der Waals surface area contributed by atoms with Crippen molar-refractivity contribution in [2.45, 2.75) is 6.18 Å². The fourth-order valence-electron chi connectivity index (χ4n) is 2.15. The number of benzene rings is 1. The van der Waals surface area contributed by atoms with Gasteiger partial charge < -0.3 is 5.73 Å². The molecule has 3 aromatic rings. The summed E-state index contributed by atoms with van der Waals surface area (Å²) in [7, 11) is 0. The van der Waals surface area contributed by atoms with Crippen molar-refractivity contribution in [1.29, 1.82) is 0 Å². The summed E-state index contributed by atoms with van der Waals surface area (Å²) < 4.78 is 38.1. The zero-order valence-electron chi connectivity index (χ0n) is 11.0. The van der Waals surface area contributed by atoms with Crippen LogP contribution in [0.5, 0.6) is 0 Å². The van der Waals surface area contributed by atoms with Gasteiger partial charge in [-0.1, -0.05) is 6.07 Å². The molecule has 0 radical (unpaired) electrons. The first-order valence-electron chi connectivity index (χ1n) is 6.18. The Hall–Kier alpha value is -2.90. The molecule has 22 heavy (non-hydrogen) atoms. The van der Waals surface area contributed by atoms with E-state index in [-0.39, 0.29) is 5.56 Å². The number of aromatic nitrogens is 3. The summed E-state index contributed by atoms with van der Waals surface area (Å²) in [5, 5.41) is 7.37. The molecule has 0 aliphatic rings. The van der Waals surface area contributed by atoms with Crippen molar-refractivity contribution in [2.24, 2.45) is 5.73 Å². The van der Waals surface area contributed by atoms with Gasteiger partial charge in [0.15, 0.2) is 0 Å². The van der Waals surface area contributed by atoms with Crippen molar-refractivity contribution in [1.82, 2.24) is 15.2 Å². The van der Waals surface area contributed by atoms with E-state index in [2.05, 4.69) is 15.2 Å². The first-order chi connectivity index (χ1) is 10.4. The highest BCUT2D eigenvalue weighted by Crippen LogP contribution is 2.31. The van der Waals surface area contributed by atoms with Gasteiger partial charge in [-0.15, -0.1) is 0 Å². The van der Waals surface area contributed by atoms with Gasteiger partial charge in [-0.05, 0) is 29.8 Å². The molecule has 3 rings (SSSR count). The summed E-state index contributed by atoms with van der Waals surface area (Å²) in [5.74, 6) is -1.02. The van der Waals surface area contributed by atoms with Crippen molar-refractivity contribution in [2.75, 3.05) is 0 Å². The van der Waals surface area contributed by atoms with E-state index in [1.807, 2.05) is 0 Å². The van der Waals surface area contributed by atoms with Crippen LogP contribution in [-0.2, 0) is 6.18 Å². The van der Waals surface area contributed by atoms with Crippen LogP contribution in [0.3, 0.4) is 0 Å². The number of carbonyl (C=O) groups is 1. The molecule has 3 N–H and O–H groups in total. The minimum absolute atomic E-state index is 0.239. The maximum absolute atomic E-state index is 12.7. The van der Waals surface area contributed by atoms with Crippen LogP contribution in [0.2, 0.25) is 0 Å². The zero-order chi connectivity index (χ0) is 15.9. The predicted molar refractivity (Wildman–Crippen MR) is 72.8 cm³/mol. The van der Waals surface area contributed by atoms with Crippen LogP contribution >= 0.6 is 0 Å². The molecule has 2 heterocycles. The monoisotopic (exact) mass is 306 g/mol. The first-order valence-corrected chi connectivity index (χ1v) is 6.18. The first kappa shape index (κ1) is 14.1. The lowest BCUT2D eigenvalue weighted by molar-refractivity contribution is -0.141. The number of alkyl halides is 3. The number of amides is 1. The van der Waals surface area contributed by atoms with Gasteiger partial charge in [-0.3, -0.25) is 9.89 Å². The molecule has 0 saturated carbocycles. The highest BCUT2D eigenvalue weighted by atomic mass is 19.4. The average Bonchev–Trinajstić information content (AvgIpc) is 2.92. The Morgan fingerprint density at radius 2 is 1.95 bits per heavy atom. The molecule has 5 nitrogen and oxygen atoms in total. The molecular formula is C14H9F3N4O. The third kappa shape index (κ3) is 2.39. The van der Waals surface area contributed by atoms with Gasteiger partial charge in [0, 0.05) is 10.9 Å². The van der Waals surface area contributed by atoms with Gasteiger partial charge in [0.25, 0.3) is 5.91 Å². The number of rotatable bonds is 2. The maximum Gasteiger partial charge on any atom is 0.433 e. The molecule has 0 saturated heterocycles. The zero-order valence-corrected chi connectivity index (χ0v) is 11.0. The normalized spacial score (nSPS) is 11.8. The van der Waals surface area contributed by atoms with E-state index >= 15 is 0 Å². The van der Waals surface area contributed by atoms with Crippen molar-refractivity contribution in [3.63, 3.8) is 0 Å². The number of carbonyl (C=O) groups excluding carboxylic acids is 1. The number of nitrogens with two attached hydrogens (primary N) is 1. The molecule has 0 atom stereocenters. The highest BCUT2D eigenvalue weighted by Gasteiger charge is 2.33. The van der Waals surface area contributed by atoms with Crippen molar-refractivity contribution in [3.8, 4) is 11.1 Å². The Labute approximate surface area is 122 Å². The second-order valence-corrected chi connectivity index (χ2v) is 4.63. The summed E-state index contributed by atoms with van der Waals surface area (Å²) in [5.41, 5.74) is 5.13. The lowest BCUT2D eigenvalue weighted by Gasteiger charge is -2.11. The molecule has 112 valence electrons. The minimum atomic E-state index is -4.64. The molecule has 0 unspecified atom stereocenters. The van der Waals surface area contributed by atoms with Gasteiger partial charge >= 0.3 is 6.18 Å². The van der Waals surface area contributed by atoms with Crippen LogP contribution in [0, 0.1) is 0 Å². The molecular weight excluding hydrogens is 297 g/mol. The highest BCUT2D eigenvalue weighted by molar-refractivity contribution is 5.99. The van der Waals surface area contributed by atoms with Gasteiger partial charge in [0.05, 0.1) is 11.7 Å². The second kappa shape index (κ2) is 4.83. The quantitative estimate of drug-likeness (QED) is 0.763. The lowest BCUT2D eigenvalue weighted by atomic mass is 10.0. The molecule has 0 fully saturated rings. The van der Waals surface area contributed by atoms with Crippen LogP contribution in [0.15, 0.2) is 36.5 Å². The largest absolute Gasteiger partial charge is 0.433 e. The summed E-state index contributed by atoms with van der Waals surface area (Å²) in [6, 6.07) is 7.06. The van der Waals surface area contributed by atoms with Crippen LogP contribution in [0.25, 0.3) is 22.0 Å². The molecule has 0 aliphatic carbocycles. The van der Waals surface area contributed by atoms with Crippen LogP contribution in [-0.4, -0.2) is 21.1 Å². The number of primary amides is 1. The van der Waals surface area contributed by atoms with E-state index in [4.69, 9.17) is 5.73 Å². The Morgan fingerprint density at radius 3 is 2.64 bits per heavy atom. The smallest absolute Gasteiger partial charge is 0.364 e. The van der Waals surface area contributed by atoms with Crippen molar-refractivity contribution in [3.05, 3.63) is 47.9 Å². The summed E-state index contributed by atoms with van der Waals surface area (Å²) in [4.78, 5) is 14.8. The van der Waals surface area contributed by atoms with Crippen molar-refractivity contribution < 1.29 is 18.0 Å².